The van der Waals surface area contributed by atoms with E-state index in [4.69, 9.17) is 10.5 Å². The topological polar surface area (TPSA) is 120 Å². The molecule has 0 unspecified atom stereocenters. The lowest BCUT2D eigenvalue weighted by Crippen LogP contribution is -2.46. The summed E-state index contributed by atoms with van der Waals surface area (Å²) in [5.74, 6) is -0.936. The van der Waals surface area contributed by atoms with Crippen molar-refractivity contribution in [3.05, 3.63) is 24.0 Å². The number of amides is 3. The fourth-order valence-electron chi connectivity index (χ4n) is 3.04. The number of nitrogens with two attached hydrogens (primary N) is 1. The number of likely N-dealkylation sites (N-methyl/N-ethyl adjacent to an activating group) is 2. The quantitative estimate of drug-likeness (QED) is 0.454. The molecule has 0 aromatic heterocycles. The van der Waals surface area contributed by atoms with E-state index < -0.39 is 18.0 Å². The van der Waals surface area contributed by atoms with E-state index in [9.17, 15) is 18.8 Å². The summed E-state index contributed by atoms with van der Waals surface area (Å²) in [6.45, 7) is 5.04. The third-order valence-corrected chi connectivity index (χ3v) is 4.70. The number of hydrazine groups is 1. The van der Waals surface area contributed by atoms with Crippen LogP contribution in [0.3, 0.4) is 0 Å². The van der Waals surface area contributed by atoms with Gasteiger partial charge in [0.25, 0.3) is 0 Å². The number of hydrogen-bond donors (Lipinski definition) is 3. The fourth-order valence-corrected chi connectivity index (χ4v) is 3.04. The third kappa shape index (κ3) is 6.04. The molecule has 0 bridgehead atoms. The van der Waals surface area contributed by atoms with Crippen LogP contribution < -0.4 is 26.3 Å². The first-order valence-electron chi connectivity index (χ1n) is 9.74. The maximum Gasteiger partial charge on any atom is 0.414 e. The van der Waals surface area contributed by atoms with Gasteiger partial charge in [-0.2, -0.15) is 0 Å². The number of anilines is 2. The Labute approximate surface area is 175 Å². The Morgan fingerprint density at radius 1 is 1.40 bits per heavy atom. The lowest BCUT2D eigenvalue weighted by Gasteiger charge is -2.26. The van der Waals surface area contributed by atoms with Crippen LogP contribution in [0.15, 0.2) is 18.2 Å². The van der Waals surface area contributed by atoms with E-state index >= 15 is 0 Å². The summed E-state index contributed by atoms with van der Waals surface area (Å²) in [4.78, 5) is 37.8. The molecular weight excluding hydrogens is 395 g/mol. The molecule has 1 fully saturated rings. The van der Waals surface area contributed by atoms with Gasteiger partial charge in [0.2, 0.25) is 11.8 Å². The maximum absolute atomic E-state index is 14.8. The highest BCUT2D eigenvalue weighted by Gasteiger charge is 2.32. The molecule has 11 heteroatoms. The summed E-state index contributed by atoms with van der Waals surface area (Å²) in [6.07, 6.45) is -1.07. The second kappa shape index (κ2) is 10.7. The summed E-state index contributed by atoms with van der Waals surface area (Å²) in [7, 11) is 1.58. The van der Waals surface area contributed by atoms with Gasteiger partial charge in [-0.1, -0.05) is 0 Å². The Morgan fingerprint density at radius 2 is 2.13 bits per heavy atom. The smallest absolute Gasteiger partial charge is 0.414 e. The highest BCUT2D eigenvalue weighted by molar-refractivity contribution is 5.90. The second-order valence-corrected chi connectivity index (χ2v) is 6.83. The van der Waals surface area contributed by atoms with Crippen molar-refractivity contribution >= 4 is 29.3 Å². The van der Waals surface area contributed by atoms with Crippen LogP contribution >= 0.6 is 0 Å². The first-order valence-corrected chi connectivity index (χ1v) is 9.74. The second-order valence-electron chi connectivity index (χ2n) is 6.83. The number of rotatable bonds is 10. The van der Waals surface area contributed by atoms with Crippen LogP contribution in [-0.4, -0.2) is 75.3 Å². The Hall–Kier alpha value is -2.92. The van der Waals surface area contributed by atoms with Gasteiger partial charge in [0.1, 0.15) is 11.9 Å². The van der Waals surface area contributed by atoms with Crippen molar-refractivity contribution < 1.29 is 23.5 Å². The molecule has 4 N–H and O–H groups in total. The van der Waals surface area contributed by atoms with Gasteiger partial charge in [0, 0.05) is 33.6 Å². The van der Waals surface area contributed by atoms with Crippen LogP contribution in [0, 0.1) is 5.82 Å². The van der Waals surface area contributed by atoms with E-state index in [1.54, 1.807) is 19.2 Å². The van der Waals surface area contributed by atoms with Crippen molar-refractivity contribution in [2.24, 2.45) is 5.73 Å². The molecule has 2 rings (SSSR count). The first-order chi connectivity index (χ1) is 14.3. The highest BCUT2D eigenvalue weighted by atomic mass is 19.1. The van der Waals surface area contributed by atoms with Crippen LogP contribution in [0.1, 0.15) is 13.8 Å². The number of nitrogens with one attached hydrogen (secondary N) is 2. The summed E-state index contributed by atoms with van der Waals surface area (Å²) in [6, 6.07) is 4.55. The van der Waals surface area contributed by atoms with Gasteiger partial charge in [0.05, 0.1) is 31.0 Å². The zero-order valence-electron chi connectivity index (χ0n) is 17.5. The molecule has 1 aromatic rings. The standard InChI is InChI=1S/C19H29FN6O4/c1-4-25(8-7-23-24(3)18(28)10-21)17-6-5-14(9-16(17)20)26-12-15(30-19(26)29)11-22-13(2)27/h5-6,9,15,23H,4,7-8,10-12,21H2,1-3H3,(H,22,27)/t15-/m0/s1. The Morgan fingerprint density at radius 3 is 2.73 bits per heavy atom. The lowest BCUT2D eigenvalue weighted by atomic mass is 10.2. The monoisotopic (exact) mass is 424 g/mol. The first kappa shape index (κ1) is 23.4. The lowest BCUT2D eigenvalue weighted by molar-refractivity contribution is -0.131. The van der Waals surface area contributed by atoms with E-state index in [0.717, 1.165) is 0 Å². The molecule has 3 amide bonds. The summed E-state index contributed by atoms with van der Waals surface area (Å²) in [5.41, 5.74) is 8.99. The van der Waals surface area contributed by atoms with Crippen LogP contribution in [0.25, 0.3) is 0 Å². The largest absolute Gasteiger partial charge is 0.442 e. The van der Waals surface area contributed by atoms with E-state index in [1.165, 1.54) is 22.9 Å². The number of hydrogen-bond acceptors (Lipinski definition) is 7. The third-order valence-electron chi connectivity index (χ3n) is 4.70. The minimum atomic E-state index is -0.582. The summed E-state index contributed by atoms with van der Waals surface area (Å²) < 4.78 is 20.0. The normalized spacial score (nSPS) is 15.7. The van der Waals surface area contributed by atoms with E-state index in [1.807, 2.05) is 11.8 Å². The van der Waals surface area contributed by atoms with Crippen molar-refractivity contribution in [2.75, 3.05) is 56.1 Å². The van der Waals surface area contributed by atoms with Gasteiger partial charge in [-0.25, -0.2) is 14.6 Å². The molecule has 1 aromatic carbocycles. The molecule has 166 valence electrons. The average Bonchev–Trinajstić information content (AvgIpc) is 3.09. The van der Waals surface area contributed by atoms with Crippen LogP contribution in [-0.2, 0) is 14.3 Å². The number of benzene rings is 1. The fraction of sp³-hybridized carbons (Fsp3) is 0.526. The number of nitrogens with zero attached hydrogens (tertiary/aromatic N) is 3. The van der Waals surface area contributed by atoms with Gasteiger partial charge >= 0.3 is 6.09 Å². The molecule has 0 aliphatic carbocycles. The summed E-state index contributed by atoms with van der Waals surface area (Å²) >= 11 is 0. The maximum atomic E-state index is 14.8. The van der Waals surface area contributed by atoms with Crippen molar-refractivity contribution in [1.82, 2.24) is 15.8 Å². The van der Waals surface area contributed by atoms with Crippen molar-refractivity contribution in [3.8, 4) is 0 Å². The molecule has 0 radical (unpaired) electrons. The van der Waals surface area contributed by atoms with E-state index in [2.05, 4.69) is 10.7 Å². The Kier molecular flexibility index (Phi) is 8.36. The van der Waals surface area contributed by atoms with Crippen molar-refractivity contribution in [1.29, 1.82) is 0 Å². The average molecular weight is 424 g/mol. The zero-order valence-corrected chi connectivity index (χ0v) is 17.5. The molecule has 1 saturated heterocycles. The van der Waals surface area contributed by atoms with Gasteiger partial charge < -0.3 is 20.7 Å². The van der Waals surface area contributed by atoms with Crippen LogP contribution in [0.5, 0.6) is 0 Å². The van der Waals surface area contributed by atoms with Crippen molar-refractivity contribution in [2.45, 2.75) is 20.0 Å². The van der Waals surface area contributed by atoms with Gasteiger partial charge in [-0.05, 0) is 25.1 Å². The van der Waals surface area contributed by atoms with Crippen LogP contribution in [0.4, 0.5) is 20.6 Å². The summed E-state index contributed by atoms with van der Waals surface area (Å²) in [5, 5.41) is 3.91. The van der Waals surface area contributed by atoms with Gasteiger partial charge in [0.15, 0.2) is 0 Å². The minimum Gasteiger partial charge on any atom is -0.442 e. The molecule has 1 atom stereocenters. The molecule has 1 heterocycles. The molecule has 30 heavy (non-hydrogen) atoms. The molecule has 1 aliphatic rings. The number of carbonyl (C=O) groups excluding carboxylic acids is 3. The SMILES string of the molecule is CCN(CCNN(C)C(=O)CN)c1ccc(N2C[C@H](CNC(C)=O)OC2=O)cc1F. The Balaban J connectivity index is 2.00. The van der Waals surface area contributed by atoms with Crippen LogP contribution in [0.2, 0.25) is 0 Å². The number of carbonyl (C=O) groups is 3. The van der Waals surface area contributed by atoms with E-state index in [0.29, 0.717) is 31.0 Å². The predicted molar refractivity (Wildman–Crippen MR) is 110 cm³/mol. The van der Waals surface area contributed by atoms with Crippen molar-refractivity contribution in [3.63, 3.8) is 0 Å². The highest BCUT2D eigenvalue weighted by Crippen LogP contribution is 2.27. The van der Waals surface area contributed by atoms with E-state index in [-0.39, 0.29) is 31.4 Å². The molecule has 1 aliphatic heterocycles. The molecule has 10 nitrogen and oxygen atoms in total. The number of cyclic esters (lactones) is 1. The number of halogens is 1. The molecule has 0 spiro atoms. The van der Waals surface area contributed by atoms with Gasteiger partial charge in [-0.3, -0.25) is 19.5 Å². The number of ether oxygens (including phenoxy) is 1. The predicted octanol–water partition coefficient (Wildman–Crippen LogP) is 0.0350. The minimum absolute atomic E-state index is 0.0955. The molecule has 0 saturated carbocycles. The Bertz CT molecular complexity index is 777. The van der Waals surface area contributed by atoms with Gasteiger partial charge in [-0.15, -0.1) is 0 Å². The zero-order chi connectivity index (χ0) is 22.3. The molecular formula is C19H29FN6O4.